The smallest absolute Gasteiger partial charge is 0.334 e. The van der Waals surface area contributed by atoms with E-state index in [1.807, 2.05) is 25.9 Å². The second kappa shape index (κ2) is 7.86. The summed E-state index contributed by atoms with van der Waals surface area (Å²) in [7, 11) is 5.11. The van der Waals surface area contributed by atoms with Crippen molar-refractivity contribution in [1.82, 2.24) is 15.5 Å². The molecule has 2 amide bonds. The highest BCUT2D eigenvalue weighted by molar-refractivity contribution is 5.76. The molecule has 0 aromatic rings. The standard InChI is InChI=1S/C10H21N3O4/c1-7(13(2)3)5-11-10(16)12-6-8(17-4)9(14)15/h7-8H,5-6H2,1-4H3,(H,14,15)(H2,11,12,16). The first-order valence-corrected chi connectivity index (χ1v) is 5.32. The number of amides is 2. The molecule has 0 fully saturated rings. The van der Waals surface area contributed by atoms with Crippen molar-refractivity contribution in [1.29, 1.82) is 0 Å². The summed E-state index contributed by atoms with van der Waals surface area (Å²) >= 11 is 0. The highest BCUT2D eigenvalue weighted by atomic mass is 16.5. The molecular weight excluding hydrogens is 226 g/mol. The minimum Gasteiger partial charge on any atom is -0.479 e. The van der Waals surface area contributed by atoms with E-state index >= 15 is 0 Å². The number of hydrogen-bond acceptors (Lipinski definition) is 4. The first-order valence-electron chi connectivity index (χ1n) is 5.32. The van der Waals surface area contributed by atoms with Gasteiger partial charge in [-0.1, -0.05) is 0 Å². The minimum atomic E-state index is -1.10. The number of nitrogens with one attached hydrogen (secondary N) is 2. The van der Waals surface area contributed by atoms with Crippen LogP contribution in [-0.4, -0.2) is 68.4 Å². The molecule has 0 aliphatic rings. The third-order valence-corrected chi connectivity index (χ3v) is 2.45. The van der Waals surface area contributed by atoms with Crippen LogP contribution in [0.1, 0.15) is 6.92 Å². The van der Waals surface area contributed by atoms with Gasteiger partial charge in [0, 0.05) is 19.7 Å². The zero-order valence-corrected chi connectivity index (χ0v) is 10.7. The van der Waals surface area contributed by atoms with Crippen LogP contribution in [0.4, 0.5) is 4.79 Å². The molecule has 7 heteroatoms. The van der Waals surface area contributed by atoms with E-state index in [0.29, 0.717) is 6.54 Å². The molecule has 0 spiro atoms. The Hall–Kier alpha value is -1.34. The lowest BCUT2D eigenvalue weighted by Crippen LogP contribution is -2.46. The Kier molecular flexibility index (Phi) is 7.24. The van der Waals surface area contributed by atoms with Gasteiger partial charge in [0.25, 0.3) is 0 Å². The third-order valence-electron chi connectivity index (χ3n) is 2.45. The molecule has 0 aliphatic heterocycles. The SMILES string of the molecule is COC(CNC(=O)NCC(C)N(C)C)C(=O)O. The quantitative estimate of drug-likeness (QED) is 0.555. The maximum atomic E-state index is 11.3. The van der Waals surface area contributed by atoms with Crippen molar-refractivity contribution in [3.8, 4) is 0 Å². The first-order chi connectivity index (χ1) is 7.88. The van der Waals surface area contributed by atoms with Gasteiger partial charge in [-0.2, -0.15) is 0 Å². The van der Waals surface area contributed by atoms with Gasteiger partial charge in [0.2, 0.25) is 0 Å². The Morgan fingerprint density at radius 3 is 2.24 bits per heavy atom. The number of nitrogens with zero attached hydrogens (tertiary/aromatic N) is 1. The maximum absolute atomic E-state index is 11.3. The Bertz CT molecular complexity index is 258. The van der Waals surface area contributed by atoms with E-state index < -0.39 is 18.1 Å². The normalized spacial score (nSPS) is 14.2. The molecule has 17 heavy (non-hydrogen) atoms. The Labute approximate surface area is 101 Å². The molecule has 0 saturated heterocycles. The summed E-state index contributed by atoms with van der Waals surface area (Å²) in [5, 5.41) is 13.8. The third kappa shape index (κ3) is 6.75. The molecule has 7 nitrogen and oxygen atoms in total. The molecule has 0 aromatic carbocycles. The largest absolute Gasteiger partial charge is 0.479 e. The zero-order chi connectivity index (χ0) is 13.4. The number of urea groups is 1. The molecule has 2 unspecified atom stereocenters. The number of carboxylic acids is 1. The Balaban J connectivity index is 3.83. The van der Waals surface area contributed by atoms with Crippen molar-refractivity contribution in [3.63, 3.8) is 0 Å². The molecular formula is C10H21N3O4. The van der Waals surface area contributed by atoms with Gasteiger partial charge in [0.1, 0.15) is 0 Å². The van der Waals surface area contributed by atoms with Gasteiger partial charge in [-0.05, 0) is 21.0 Å². The van der Waals surface area contributed by atoms with Gasteiger partial charge < -0.3 is 25.4 Å². The summed E-state index contributed by atoms with van der Waals surface area (Å²) in [5.74, 6) is -1.10. The van der Waals surface area contributed by atoms with E-state index in [2.05, 4.69) is 15.4 Å². The van der Waals surface area contributed by atoms with Crippen LogP contribution in [0.3, 0.4) is 0 Å². The van der Waals surface area contributed by atoms with Gasteiger partial charge in [0.15, 0.2) is 6.10 Å². The number of carbonyl (C=O) groups is 2. The summed E-state index contributed by atoms with van der Waals surface area (Å²) < 4.78 is 4.68. The predicted molar refractivity (Wildman–Crippen MR) is 63.0 cm³/mol. The highest BCUT2D eigenvalue weighted by Crippen LogP contribution is 1.89. The van der Waals surface area contributed by atoms with Crippen LogP contribution in [0.25, 0.3) is 0 Å². The van der Waals surface area contributed by atoms with E-state index in [4.69, 9.17) is 5.11 Å². The lowest BCUT2D eigenvalue weighted by Gasteiger charge is -2.20. The van der Waals surface area contributed by atoms with Crippen LogP contribution in [0.15, 0.2) is 0 Å². The van der Waals surface area contributed by atoms with E-state index in [0.717, 1.165) is 0 Å². The Morgan fingerprint density at radius 1 is 1.29 bits per heavy atom. The van der Waals surface area contributed by atoms with Gasteiger partial charge in [-0.15, -0.1) is 0 Å². The summed E-state index contributed by atoms with van der Waals surface area (Å²) in [6, 6.07) is -0.194. The second-order valence-electron chi connectivity index (χ2n) is 3.97. The average molecular weight is 247 g/mol. The highest BCUT2D eigenvalue weighted by Gasteiger charge is 2.17. The van der Waals surface area contributed by atoms with Crippen LogP contribution in [0, 0.1) is 0 Å². The molecule has 0 rings (SSSR count). The average Bonchev–Trinajstić information content (AvgIpc) is 2.25. The lowest BCUT2D eigenvalue weighted by molar-refractivity contribution is -0.147. The fourth-order valence-corrected chi connectivity index (χ4v) is 0.942. The van der Waals surface area contributed by atoms with Crippen molar-refractivity contribution in [2.24, 2.45) is 0 Å². The first kappa shape index (κ1) is 15.7. The molecule has 0 radical (unpaired) electrons. The molecule has 0 aliphatic carbocycles. The summed E-state index contributed by atoms with van der Waals surface area (Å²) in [6.45, 7) is 2.40. The summed E-state index contributed by atoms with van der Waals surface area (Å²) in [4.78, 5) is 23.9. The van der Waals surface area contributed by atoms with Gasteiger partial charge in [0.05, 0.1) is 6.54 Å². The number of carboxylic acid groups (broad SMARTS) is 1. The van der Waals surface area contributed by atoms with Crippen molar-refractivity contribution in [3.05, 3.63) is 0 Å². The molecule has 3 N–H and O–H groups in total. The Morgan fingerprint density at radius 2 is 1.82 bits per heavy atom. The van der Waals surface area contributed by atoms with E-state index in [-0.39, 0.29) is 12.6 Å². The number of rotatable bonds is 7. The van der Waals surface area contributed by atoms with Crippen LogP contribution in [0.5, 0.6) is 0 Å². The molecule has 2 atom stereocenters. The lowest BCUT2D eigenvalue weighted by atomic mass is 10.3. The number of likely N-dealkylation sites (N-methyl/N-ethyl adjacent to an activating group) is 1. The van der Waals surface area contributed by atoms with Crippen LogP contribution in [0.2, 0.25) is 0 Å². The summed E-state index contributed by atoms with van der Waals surface area (Å²) in [5.41, 5.74) is 0. The van der Waals surface area contributed by atoms with Crippen LogP contribution >= 0.6 is 0 Å². The van der Waals surface area contributed by atoms with Crippen molar-refractivity contribution < 1.29 is 19.4 Å². The van der Waals surface area contributed by atoms with Gasteiger partial charge in [-0.3, -0.25) is 0 Å². The van der Waals surface area contributed by atoms with E-state index in [1.54, 1.807) is 0 Å². The zero-order valence-electron chi connectivity index (χ0n) is 10.7. The van der Waals surface area contributed by atoms with Crippen LogP contribution in [-0.2, 0) is 9.53 Å². The number of hydrogen-bond donors (Lipinski definition) is 3. The van der Waals surface area contributed by atoms with Gasteiger partial charge in [-0.25, -0.2) is 9.59 Å². The number of aliphatic carboxylic acids is 1. The van der Waals surface area contributed by atoms with Crippen molar-refractivity contribution in [2.45, 2.75) is 19.1 Å². The van der Waals surface area contributed by atoms with E-state index in [9.17, 15) is 9.59 Å². The van der Waals surface area contributed by atoms with Crippen LogP contribution < -0.4 is 10.6 Å². The molecule has 0 heterocycles. The molecule has 0 saturated carbocycles. The monoisotopic (exact) mass is 247 g/mol. The number of carbonyl (C=O) groups excluding carboxylic acids is 1. The van der Waals surface area contributed by atoms with E-state index in [1.165, 1.54) is 7.11 Å². The second-order valence-corrected chi connectivity index (χ2v) is 3.97. The van der Waals surface area contributed by atoms with Crippen molar-refractivity contribution in [2.75, 3.05) is 34.3 Å². The predicted octanol–water partition coefficient (Wildman–Crippen LogP) is -0.665. The molecule has 100 valence electrons. The minimum absolute atomic E-state index is 0.0615. The summed E-state index contributed by atoms with van der Waals surface area (Å²) in [6.07, 6.45) is -1.02. The number of ether oxygens (including phenoxy) is 1. The van der Waals surface area contributed by atoms with Gasteiger partial charge >= 0.3 is 12.0 Å². The fraction of sp³-hybridized carbons (Fsp3) is 0.800. The fourth-order valence-electron chi connectivity index (χ4n) is 0.942. The number of methoxy groups -OCH3 is 1. The maximum Gasteiger partial charge on any atom is 0.334 e. The molecule has 0 bridgehead atoms. The molecule has 0 aromatic heterocycles. The topological polar surface area (TPSA) is 90.9 Å². The van der Waals surface area contributed by atoms with Crippen molar-refractivity contribution >= 4 is 12.0 Å².